The number of nitrogens with zero attached hydrogens (tertiary/aromatic N) is 2. The molecule has 0 aliphatic carbocycles. The maximum absolute atomic E-state index is 12.8. The first-order chi connectivity index (χ1) is 11.4. The van der Waals surface area contributed by atoms with Gasteiger partial charge in [-0.15, -0.1) is 10.2 Å². The number of aromatic nitrogens is 2. The standard InChI is InChI=1S/C14H17FN4O3S2/c1-10(20)17-13-18-19-14(23-13)24(21,22)16-9-3-2-4-11-5-7-12(15)8-6-11/h5-8,16H,2-4,9H2,1H3,(H,17,18,20). The van der Waals surface area contributed by atoms with E-state index in [1.165, 1.54) is 19.1 Å². The van der Waals surface area contributed by atoms with Crippen LogP contribution >= 0.6 is 11.3 Å². The lowest BCUT2D eigenvalue weighted by molar-refractivity contribution is -0.114. The van der Waals surface area contributed by atoms with Crippen molar-refractivity contribution in [3.05, 3.63) is 35.6 Å². The summed E-state index contributed by atoms with van der Waals surface area (Å²) in [4.78, 5) is 10.9. The van der Waals surface area contributed by atoms with E-state index in [-0.39, 0.29) is 27.7 Å². The topological polar surface area (TPSA) is 101 Å². The molecular formula is C14H17FN4O3S2. The number of carbonyl (C=O) groups excluding carboxylic acids is 1. The van der Waals surface area contributed by atoms with E-state index in [9.17, 15) is 17.6 Å². The van der Waals surface area contributed by atoms with Gasteiger partial charge in [0.15, 0.2) is 0 Å². The summed E-state index contributed by atoms with van der Waals surface area (Å²) in [6, 6.07) is 6.23. The molecule has 0 fully saturated rings. The van der Waals surface area contributed by atoms with Crippen molar-refractivity contribution in [1.29, 1.82) is 0 Å². The van der Waals surface area contributed by atoms with Crippen LogP contribution < -0.4 is 10.0 Å². The summed E-state index contributed by atoms with van der Waals surface area (Å²) >= 11 is 0.790. The van der Waals surface area contributed by atoms with Crippen LogP contribution in [0.25, 0.3) is 0 Å². The quantitative estimate of drug-likeness (QED) is 0.545. The third-order valence-corrected chi connectivity index (χ3v) is 5.68. The van der Waals surface area contributed by atoms with Crippen molar-refractivity contribution in [2.45, 2.75) is 30.5 Å². The average Bonchev–Trinajstić information content (AvgIpc) is 2.97. The monoisotopic (exact) mass is 372 g/mol. The minimum absolute atomic E-state index is 0.138. The van der Waals surface area contributed by atoms with E-state index in [2.05, 4.69) is 20.2 Å². The van der Waals surface area contributed by atoms with Gasteiger partial charge >= 0.3 is 0 Å². The molecule has 1 aromatic heterocycles. The molecule has 0 bridgehead atoms. The molecule has 1 heterocycles. The maximum Gasteiger partial charge on any atom is 0.269 e. The van der Waals surface area contributed by atoms with E-state index in [1.54, 1.807) is 12.1 Å². The predicted octanol–water partition coefficient (Wildman–Crippen LogP) is 1.94. The highest BCUT2D eigenvalue weighted by atomic mass is 32.2. The summed E-state index contributed by atoms with van der Waals surface area (Å²) in [6.45, 7) is 1.56. The normalized spacial score (nSPS) is 11.4. The van der Waals surface area contributed by atoms with Crippen molar-refractivity contribution < 1.29 is 17.6 Å². The van der Waals surface area contributed by atoms with Crippen LogP contribution in [0.4, 0.5) is 9.52 Å². The van der Waals surface area contributed by atoms with Crippen LogP contribution in [-0.4, -0.2) is 31.1 Å². The smallest absolute Gasteiger partial charge is 0.269 e. The lowest BCUT2D eigenvalue weighted by atomic mass is 10.1. The van der Waals surface area contributed by atoms with Crippen molar-refractivity contribution in [2.75, 3.05) is 11.9 Å². The lowest BCUT2D eigenvalue weighted by Gasteiger charge is -2.04. The maximum atomic E-state index is 12.8. The molecule has 0 saturated heterocycles. The number of aryl methyl sites for hydroxylation is 1. The fourth-order valence-electron chi connectivity index (χ4n) is 1.89. The number of hydrogen-bond acceptors (Lipinski definition) is 6. The fourth-order valence-corrected chi connectivity index (χ4v) is 3.95. The van der Waals surface area contributed by atoms with Gasteiger partial charge in [0.05, 0.1) is 0 Å². The van der Waals surface area contributed by atoms with Gasteiger partial charge in [-0.2, -0.15) is 0 Å². The van der Waals surface area contributed by atoms with Gasteiger partial charge in [-0.25, -0.2) is 17.5 Å². The molecule has 0 atom stereocenters. The van der Waals surface area contributed by atoms with Crippen LogP contribution in [0.5, 0.6) is 0 Å². The first-order valence-corrected chi connectivity index (χ1v) is 9.52. The molecule has 0 radical (unpaired) electrons. The number of sulfonamides is 1. The summed E-state index contributed by atoms with van der Waals surface area (Å²) in [7, 11) is -3.73. The van der Waals surface area contributed by atoms with Gasteiger partial charge in [0, 0.05) is 13.5 Å². The number of nitrogens with one attached hydrogen (secondary N) is 2. The average molecular weight is 372 g/mol. The Hall–Kier alpha value is -1.91. The third-order valence-electron chi connectivity index (χ3n) is 3.02. The second kappa shape index (κ2) is 8.27. The zero-order valence-electron chi connectivity index (χ0n) is 13.0. The SMILES string of the molecule is CC(=O)Nc1nnc(S(=O)(=O)NCCCCc2ccc(F)cc2)s1. The molecule has 0 unspecified atom stereocenters. The Labute approximate surface area is 143 Å². The van der Waals surface area contributed by atoms with Crippen LogP contribution in [0.15, 0.2) is 28.6 Å². The van der Waals surface area contributed by atoms with Crippen LogP contribution in [0, 0.1) is 5.82 Å². The fraction of sp³-hybridized carbons (Fsp3) is 0.357. The summed E-state index contributed by atoms with van der Waals surface area (Å²) in [5, 5.41) is 9.69. The Balaban J connectivity index is 1.77. The molecule has 2 rings (SSSR count). The van der Waals surface area contributed by atoms with Gasteiger partial charge in [0.1, 0.15) is 5.82 Å². The molecule has 0 spiro atoms. The largest absolute Gasteiger partial charge is 0.301 e. The summed E-state index contributed by atoms with van der Waals surface area (Å²) in [5.74, 6) is -0.619. The number of benzene rings is 1. The molecule has 0 aliphatic rings. The molecule has 2 N–H and O–H groups in total. The molecule has 7 nitrogen and oxygen atoms in total. The van der Waals surface area contributed by atoms with Gasteiger partial charge in [0.25, 0.3) is 10.0 Å². The van der Waals surface area contributed by atoms with E-state index < -0.39 is 10.0 Å². The molecule has 0 saturated carbocycles. The van der Waals surface area contributed by atoms with Gasteiger partial charge < -0.3 is 5.32 Å². The zero-order valence-corrected chi connectivity index (χ0v) is 14.6. The number of halogens is 1. The molecule has 2 aromatic rings. The van der Waals surface area contributed by atoms with Crippen LogP contribution in [0.2, 0.25) is 0 Å². The molecule has 0 aliphatic heterocycles. The van der Waals surface area contributed by atoms with Crippen molar-refractivity contribution in [3.8, 4) is 0 Å². The zero-order chi connectivity index (χ0) is 17.6. The van der Waals surface area contributed by atoms with Crippen molar-refractivity contribution in [1.82, 2.24) is 14.9 Å². The van der Waals surface area contributed by atoms with Crippen LogP contribution in [-0.2, 0) is 21.2 Å². The second-order valence-electron chi connectivity index (χ2n) is 5.04. The van der Waals surface area contributed by atoms with Gasteiger partial charge in [-0.3, -0.25) is 4.79 Å². The highest BCUT2D eigenvalue weighted by Gasteiger charge is 2.19. The Kier molecular flexibility index (Phi) is 6.35. The van der Waals surface area contributed by atoms with E-state index in [0.29, 0.717) is 6.42 Å². The Morgan fingerprint density at radius 1 is 1.21 bits per heavy atom. The highest BCUT2D eigenvalue weighted by Crippen LogP contribution is 2.19. The first-order valence-electron chi connectivity index (χ1n) is 7.22. The van der Waals surface area contributed by atoms with Crippen molar-refractivity contribution in [2.24, 2.45) is 0 Å². The molecule has 1 aromatic carbocycles. The summed E-state index contributed by atoms with van der Waals surface area (Å²) in [6.07, 6.45) is 2.14. The molecule has 1 amide bonds. The number of carbonyl (C=O) groups is 1. The second-order valence-corrected chi connectivity index (χ2v) is 7.95. The number of rotatable bonds is 8. The summed E-state index contributed by atoms with van der Waals surface area (Å²) in [5.41, 5.74) is 1.00. The first kappa shape index (κ1) is 18.4. The Morgan fingerprint density at radius 2 is 1.92 bits per heavy atom. The van der Waals surface area contributed by atoms with Gasteiger partial charge in [-0.1, -0.05) is 23.5 Å². The number of unbranched alkanes of at least 4 members (excludes halogenated alkanes) is 1. The van der Waals surface area contributed by atoms with E-state index in [1.807, 2.05) is 0 Å². The highest BCUT2D eigenvalue weighted by molar-refractivity contribution is 7.91. The molecule has 130 valence electrons. The van der Waals surface area contributed by atoms with E-state index in [4.69, 9.17) is 0 Å². The molecule has 24 heavy (non-hydrogen) atoms. The Morgan fingerprint density at radius 3 is 2.58 bits per heavy atom. The van der Waals surface area contributed by atoms with E-state index >= 15 is 0 Å². The van der Waals surface area contributed by atoms with Gasteiger partial charge in [-0.05, 0) is 37.0 Å². The molecular weight excluding hydrogens is 355 g/mol. The number of anilines is 1. The van der Waals surface area contributed by atoms with Crippen molar-refractivity contribution >= 4 is 32.4 Å². The number of amides is 1. The van der Waals surface area contributed by atoms with Crippen LogP contribution in [0.3, 0.4) is 0 Å². The lowest BCUT2D eigenvalue weighted by Crippen LogP contribution is -2.24. The summed E-state index contributed by atoms with van der Waals surface area (Å²) < 4.78 is 39.1. The Bertz CT molecular complexity index is 791. The van der Waals surface area contributed by atoms with Crippen molar-refractivity contribution in [3.63, 3.8) is 0 Å². The third kappa shape index (κ3) is 5.62. The predicted molar refractivity (Wildman–Crippen MR) is 88.7 cm³/mol. The minimum Gasteiger partial charge on any atom is -0.301 e. The molecule has 10 heteroatoms. The van der Waals surface area contributed by atoms with Gasteiger partial charge in [0.2, 0.25) is 15.4 Å². The number of hydrogen-bond donors (Lipinski definition) is 2. The van der Waals surface area contributed by atoms with E-state index in [0.717, 1.165) is 29.7 Å². The minimum atomic E-state index is -3.73. The van der Waals surface area contributed by atoms with Crippen LogP contribution in [0.1, 0.15) is 25.3 Å².